The monoisotopic (exact) mass is 342 g/mol. The zero-order valence-electron chi connectivity index (χ0n) is 14.1. The molecule has 4 nitrogen and oxygen atoms in total. The average Bonchev–Trinajstić information content (AvgIpc) is 3.40. The Morgan fingerprint density at radius 3 is 2.62 bits per heavy atom. The van der Waals surface area contributed by atoms with Crippen LogP contribution in [-0.2, 0) is 6.42 Å². The molecule has 0 unspecified atom stereocenters. The van der Waals surface area contributed by atoms with Crippen LogP contribution in [0.3, 0.4) is 0 Å². The number of imidazole rings is 1. The topological polar surface area (TPSA) is 51.2 Å². The lowest BCUT2D eigenvalue weighted by atomic mass is 10.0. The Labute approximate surface area is 151 Å². The van der Waals surface area contributed by atoms with Crippen molar-refractivity contribution in [3.05, 3.63) is 90.4 Å². The standard InChI is InChI=1S/C22H18N2O2/c25-19-14-15-6-1-2-7-16(15)21(19)24-12-11-23-22(24)18-9-4-3-8-17(18)20-10-5-13-26-20/h1-13,19,21,25H,14H2/t19-,21+/m0/s1. The van der Waals surface area contributed by atoms with Crippen LogP contribution in [-0.4, -0.2) is 20.8 Å². The Morgan fingerprint density at radius 1 is 0.962 bits per heavy atom. The molecule has 0 spiro atoms. The molecule has 0 amide bonds. The third-order valence-corrected chi connectivity index (χ3v) is 5.09. The molecule has 0 saturated carbocycles. The molecule has 2 heterocycles. The average molecular weight is 342 g/mol. The van der Waals surface area contributed by atoms with E-state index in [1.54, 1.807) is 12.5 Å². The third-order valence-electron chi connectivity index (χ3n) is 5.09. The van der Waals surface area contributed by atoms with Gasteiger partial charge in [-0.15, -0.1) is 0 Å². The van der Waals surface area contributed by atoms with E-state index < -0.39 is 6.10 Å². The minimum absolute atomic E-state index is 0.131. The summed E-state index contributed by atoms with van der Waals surface area (Å²) >= 11 is 0. The van der Waals surface area contributed by atoms with Crippen LogP contribution in [0.1, 0.15) is 17.2 Å². The van der Waals surface area contributed by atoms with E-state index in [0.717, 1.165) is 28.3 Å². The smallest absolute Gasteiger partial charge is 0.141 e. The normalized spacial score (nSPS) is 18.8. The molecule has 0 bridgehead atoms. The third kappa shape index (κ3) is 2.30. The summed E-state index contributed by atoms with van der Waals surface area (Å²) in [7, 11) is 0. The van der Waals surface area contributed by atoms with Gasteiger partial charge < -0.3 is 14.1 Å². The summed E-state index contributed by atoms with van der Waals surface area (Å²) in [6.45, 7) is 0. The maximum Gasteiger partial charge on any atom is 0.141 e. The number of aromatic nitrogens is 2. The Bertz CT molecular complexity index is 1050. The molecule has 1 N–H and O–H groups in total. The summed E-state index contributed by atoms with van der Waals surface area (Å²) in [5.41, 5.74) is 4.34. The van der Waals surface area contributed by atoms with Crippen molar-refractivity contribution in [1.29, 1.82) is 0 Å². The van der Waals surface area contributed by atoms with Gasteiger partial charge in [0.05, 0.1) is 18.4 Å². The molecule has 2 aromatic heterocycles. The molecule has 2 aromatic carbocycles. The first-order chi connectivity index (χ1) is 12.8. The fourth-order valence-corrected chi connectivity index (χ4v) is 3.96. The molecule has 26 heavy (non-hydrogen) atoms. The largest absolute Gasteiger partial charge is 0.464 e. The molecule has 4 heteroatoms. The fourth-order valence-electron chi connectivity index (χ4n) is 3.96. The van der Waals surface area contributed by atoms with Gasteiger partial charge in [-0.25, -0.2) is 4.98 Å². The van der Waals surface area contributed by atoms with Gasteiger partial charge in [-0.05, 0) is 23.3 Å². The zero-order valence-corrected chi connectivity index (χ0v) is 14.1. The Kier molecular flexibility index (Phi) is 3.50. The second-order valence-corrected chi connectivity index (χ2v) is 6.60. The van der Waals surface area contributed by atoms with Gasteiger partial charge in [0.15, 0.2) is 0 Å². The van der Waals surface area contributed by atoms with Gasteiger partial charge in [0.2, 0.25) is 0 Å². The van der Waals surface area contributed by atoms with Crippen LogP contribution < -0.4 is 0 Å². The summed E-state index contributed by atoms with van der Waals surface area (Å²) in [4.78, 5) is 4.62. The highest BCUT2D eigenvalue weighted by Crippen LogP contribution is 2.39. The minimum Gasteiger partial charge on any atom is -0.464 e. The lowest BCUT2D eigenvalue weighted by Gasteiger charge is -2.21. The highest BCUT2D eigenvalue weighted by Gasteiger charge is 2.33. The van der Waals surface area contributed by atoms with E-state index in [2.05, 4.69) is 21.7 Å². The second kappa shape index (κ2) is 6.00. The summed E-state index contributed by atoms with van der Waals surface area (Å²) in [5, 5.41) is 10.7. The molecule has 2 atom stereocenters. The zero-order chi connectivity index (χ0) is 17.5. The van der Waals surface area contributed by atoms with Crippen molar-refractivity contribution in [2.75, 3.05) is 0 Å². The quantitative estimate of drug-likeness (QED) is 0.603. The number of aliphatic hydroxyl groups is 1. The van der Waals surface area contributed by atoms with Gasteiger partial charge in [-0.3, -0.25) is 0 Å². The van der Waals surface area contributed by atoms with Gasteiger partial charge in [0, 0.05) is 29.9 Å². The van der Waals surface area contributed by atoms with Crippen LogP contribution in [0.2, 0.25) is 0 Å². The molecule has 0 saturated heterocycles. The molecule has 0 aliphatic heterocycles. The van der Waals surface area contributed by atoms with Crippen LogP contribution >= 0.6 is 0 Å². The van der Waals surface area contributed by atoms with Crippen molar-refractivity contribution in [1.82, 2.24) is 9.55 Å². The number of furan rings is 1. The molecule has 1 aliphatic rings. The first-order valence-corrected chi connectivity index (χ1v) is 8.75. The number of benzene rings is 2. The Morgan fingerprint density at radius 2 is 1.77 bits per heavy atom. The summed E-state index contributed by atoms with van der Waals surface area (Å²) in [6, 6.07) is 20.0. The van der Waals surface area contributed by atoms with E-state index in [-0.39, 0.29) is 6.04 Å². The molecular formula is C22H18N2O2. The SMILES string of the molecule is O[C@H]1Cc2ccccc2[C@H]1n1ccnc1-c1ccccc1-c1ccco1. The minimum atomic E-state index is -0.462. The first kappa shape index (κ1) is 15.2. The predicted molar refractivity (Wildman–Crippen MR) is 99.7 cm³/mol. The van der Waals surface area contributed by atoms with Crippen molar-refractivity contribution >= 4 is 0 Å². The molecule has 0 fully saturated rings. The van der Waals surface area contributed by atoms with E-state index in [9.17, 15) is 5.11 Å². The van der Waals surface area contributed by atoms with E-state index in [1.165, 1.54) is 5.56 Å². The maximum absolute atomic E-state index is 10.7. The Balaban J connectivity index is 1.67. The van der Waals surface area contributed by atoms with Crippen LogP contribution in [0.15, 0.2) is 83.7 Å². The van der Waals surface area contributed by atoms with E-state index in [1.807, 2.05) is 54.7 Å². The number of aliphatic hydroxyl groups excluding tert-OH is 1. The van der Waals surface area contributed by atoms with Crippen molar-refractivity contribution < 1.29 is 9.52 Å². The van der Waals surface area contributed by atoms with Crippen LogP contribution in [0.5, 0.6) is 0 Å². The molecule has 0 radical (unpaired) electrons. The highest BCUT2D eigenvalue weighted by atomic mass is 16.3. The van der Waals surface area contributed by atoms with E-state index in [0.29, 0.717) is 6.42 Å². The van der Waals surface area contributed by atoms with Gasteiger partial charge in [-0.2, -0.15) is 0 Å². The van der Waals surface area contributed by atoms with Crippen molar-refractivity contribution in [3.63, 3.8) is 0 Å². The second-order valence-electron chi connectivity index (χ2n) is 6.60. The maximum atomic E-state index is 10.7. The first-order valence-electron chi connectivity index (χ1n) is 8.75. The summed E-state index contributed by atoms with van der Waals surface area (Å²) in [5.74, 6) is 1.64. The lowest BCUT2D eigenvalue weighted by Crippen LogP contribution is -2.21. The fraction of sp³-hybridized carbons (Fsp3) is 0.136. The molecule has 1 aliphatic carbocycles. The van der Waals surface area contributed by atoms with E-state index in [4.69, 9.17) is 4.42 Å². The molecule has 128 valence electrons. The molecular weight excluding hydrogens is 324 g/mol. The Hall–Kier alpha value is -3.11. The number of rotatable bonds is 3. The van der Waals surface area contributed by atoms with Gasteiger partial charge in [0.25, 0.3) is 0 Å². The van der Waals surface area contributed by atoms with Gasteiger partial charge >= 0.3 is 0 Å². The van der Waals surface area contributed by atoms with Crippen LogP contribution in [0, 0.1) is 0 Å². The summed E-state index contributed by atoms with van der Waals surface area (Å²) < 4.78 is 7.70. The number of hydrogen-bond acceptors (Lipinski definition) is 3. The van der Waals surface area contributed by atoms with E-state index >= 15 is 0 Å². The number of nitrogens with zero attached hydrogens (tertiary/aromatic N) is 2. The lowest BCUT2D eigenvalue weighted by molar-refractivity contribution is 0.145. The molecule has 4 aromatic rings. The van der Waals surface area contributed by atoms with Crippen LogP contribution in [0.4, 0.5) is 0 Å². The molecule has 5 rings (SSSR count). The van der Waals surface area contributed by atoms with Gasteiger partial charge in [0.1, 0.15) is 11.6 Å². The van der Waals surface area contributed by atoms with Crippen molar-refractivity contribution in [2.45, 2.75) is 18.6 Å². The van der Waals surface area contributed by atoms with Gasteiger partial charge in [-0.1, -0.05) is 48.5 Å². The predicted octanol–water partition coefficient (Wildman–Crippen LogP) is 4.32. The number of fused-ring (bicyclic) bond motifs is 1. The van der Waals surface area contributed by atoms with Crippen LogP contribution in [0.25, 0.3) is 22.7 Å². The van der Waals surface area contributed by atoms with Crippen molar-refractivity contribution in [3.8, 4) is 22.7 Å². The highest BCUT2D eigenvalue weighted by molar-refractivity contribution is 5.78. The van der Waals surface area contributed by atoms with Crippen molar-refractivity contribution in [2.24, 2.45) is 0 Å². The summed E-state index contributed by atoms with van der Waals surface area (Å²) in [6.07, 6.45) is 5.62. The number of hydrogen-bond donors (Lipinski definition) is 1.